The molecule has 0 saturated heterocycles. The molecule has 1 radical (unpaired) electrons. The molecular weight excluding hydrogens is 328 g/mol. The van der Waals surface area contributed by atoms with Gasteiger partial charge in [-0.05, 0) is 36.6 Å². The fourth-order valence-corrected chi connectivity index (χ4v) is 2.92. The maximum absolute atomic E-state index is 11.8. The summed E-state index contributed by atoms with van der Waals surface area (Å²) in [7, 11) is 0. The second-order valence-corrected chi connectivity index (χ2v) is 6.30. The number of amides is 1. The van der Waals surface area contributed by atoms with Gasteiger partial charge in [0.15, 0.2) is 0 Å². The maximum atomic E-state index is 11.8. The van der Waals surface area contributed by atoms with E-state index in [9.17, 15) is 4.79 Å². The van der Waals surface area contributed by atoms with Gasteiger partial charge < -0.3 is 9.57 Å². The Hall–Kier alpha value is -1.56. The van der Waals surface area contributed by atoms with E-state index in [0.29, 0.717) is 36.8 Å². The highest BCUT2D eigenvalue weighted by molar-refractivity contribution is 6.30. The lowest BCUT2D eigenvalue weighted by atomic mass is 10.2. The van der Waals surface area contributed by atoms with Gasteiger partial charge in [-0.15, -0.1) is 0 Å². The molecule has 1 saturated carbocycles. The number of carbonyl (C=O) groups is 1. The second kappa shape index (κ2) is 10.3. The van der Waals surface area contributed by atoms with E-state index in [2.05, 4.69) is 10.2 Å². The summed E-state index contributed by atoms with van der Waals surface area (Å²) in [5.41, 5.74) is 0.890. The van der Waals surface area contributed by atoms with Gasteiger partial charge in [-0.25, -0.2) is 11.2 Å². The molecule has 1 aromatic carbocycles. The van der Waals surface area contributed by atoms with Crippen molar-refractivity contribution in [2.24, 2.45) is 5.90 Å². The highest BCUT2D eigenvalue weighted by Gasteiger charge is 2.18. The average Bonchev–Trinajstić information content (AvgIpc) is 3.04. The van der Waals surface area contributed by atoms with Crippen molar-refractivity contribution in [3.05, 3.63) is 34.9 Å². The monoisotopic (exact) mass is 351 g/mol. The zero-order valence-corrected chi connectivity index (χ0v) is 14.5. The molecule has 6 heteroatoms. The minimum atomic E-state index is -0.0570. The van der Waals surface area contributed by atoms with Crippen LogP contribution in [0, 0.1) is 0 Å². The number of hydrogen-bond donors (Lipinski definition) is 1. The van der Waals surface area contributed by atoms with Gasteiger partial charge in [0.05, 0.1) is 19.3 Å². The van der Waals surface area contributed by atoms with Gasteiger partial charge in [0.1, 0.15) is 5.75 Å². The van der Waals surface area contributed by atoms with Crippen molar-refractivity contribution in [3.63, 3.8) is 0 Å². The van der Waals surface area contributed by atoms with Gasteiger partial charge >= 0.3 is 0 Å². The quantitative estimate of drug-likeness (QED) is 0.546. The number of benzene rings is 1. The lowest BCUT2D eigenvalue weighted by Crippen LogP contribution is -2.24. The average molecular weight is 352 g/mol. The van der Waals surface area contributed by atoms with E-state index >= 15 is 0 Å². The van der Waals surface area contributed by atoms with Gasteiger partial charge in [-0.2, -0.15) is 0 Å². The third kappa shape index (κ3) is 6.91. The molecule has 0 aromatic heterocycles. The van der Waals surface area contributed by atoms with Crippen molar-refractivity contribution in [2.45, 2.75) is 44.6 Å². The third-order valence-electron chi connectivity index (χ3n) is 3.82. The lowest BCUT2D eigenvalue weighted by Gasteiger charge is -2.08. The second-order valence-electron chi connectivity index (χ2n) is 5.86. The number of nitrogens with zero attached hydrogens (tertiary/aromatic N) is 1. The number of ether oxygens (including phenoxy) is 1. The zero-order chi connectivity index (χ0) is 17.2. The van der Waals surface area contributed by atoms with Crippen LogP contribution in [0.25, 0.3) is 6.08 Å². The minimum Gasteiger partial charge on any atom is -0.493 e. The van der Waals surface area contributed by atoms with E-state index in [-0.39, 0.29) is 11.9 Å². The Morgan fingerprint density at radius 2 is 2.08 bits per heavy atom. The van der Waals surface area contributed by atoms with E-state index in [0.717, 1.165) is 18.4 Å². The van der Waals surface area contributed by atoms with E-state index in [1.54, 1.807) is 6.07 Å². The van der Waals surface area contributed by atoms with Crippen LogP contribution >= 0.6 is 11.6 Å². The molecule has 1 fully saturated rings. The highest BCUT2D eigenvalue weighted by Crippen LogP contribution is 2.22. The van der Waals surface area contributed by atoms with Crippen LogP contribution in [0.15, 0.2) is 24.3 Å². The first-order valence-electron chi connectivity index (χ1n) is 8.32. The molecule has 1 aliphatic carbocycles. The Labute approximate surface area is 148 Å². The van der Waals surface area contributed by atoms with Crippen LogP contribution < -0.4 is 16.0 Å². The molecule has 0 atom stereocenters. The number of nitrogens with two attached hydrogens (primary N) is 1. The standard InChI is InChI=1S/C18H24ClN2O3/c19-15-11-14(12-17(13-15)23-9-4-10-24-20)5-3-8-18(22)21-16-6-1-2-7-16/h3,5,11-13,16H,1-2,4,6-10,20H2. The predicted molar refractivity (Wildman–Crippen MR) is 94.8 cm³/mol. The van der Waals surface area contributed by atoms with Crippen molar-refractivity contribution in [3.8, 4) is 5.75 Å². The van der Waals surface area contributed by atoms with Gasteiger partial charge in [0.25, 0.3) is 0 Å². The van der Waals surface area contributed by atoms with Crippen LogP contribution in [0.2, 0.25) is 5.02 Å². The first kappa shape index (κ1) is 18.8. The Bertz CT molecular complexity index is 557. The Balaban J connectivity index is 1.81. The third-order valence-corrected chi connectivity index (χ3v) is 4.04. The van der Waals surface area contributed by atoms with Gasteiger partial charge in [0.2, 0.25) is 5.91 Å². The molecule has 0 aliphatic heterocycles. The summed E-state index contributed by atoms with van der Waals surface area (Å²) in [5, 5.41) is 4.82. The van der Waals surface area contributed by atoms with Gasteiger partial charge in [-0.1, -0.05) is 36.6 Å². The minimum absolute atomic E-state index is 0.0570. The number of hydrogen-bond acceptors (Lipinski definition) is 4. The summed E-state index contributed by atoms with van der Waals surface area (Å²) < 4.78 is 5.61. The molecule has 1 aliphatic rings. The molecule has 0 heterocycles. The maximum Gasteiger partial charge on any atom is 0.245 e. The molecule has 1 amide bonds. The number of halogens is 1. The van der Waals surface area contributed by atoms with E-state index < -0.39 is 0 Å². The van der Waals surface area contributed by atoms with Crippen LogP contribution in [0.1, 0.15) is 44.1 Å². The molecule has 131 valence electrons. The summed E-state index contributed by atoms with van der Waals surface area (Å²) in [6.07, 6.45) is 9.14. The van der Waals surface area contributed by atoms with Crippen molar-refractivity contribution in [1.82, 2.24) is 5.32 Å². The number of carbonyl (C=O) groups excluding carboxylic acids is 1. The van der Waals surface area contributed by atoms with Crippen molar-refractivity contribution in [1.29, 1.82) is 0 Å². The zero-order valence-electron chi connectivity index (χ0n) is 13.7. The molecule has 1 aromatic rings. The summed E-state index contributed by atoms with van der Waals surface area (Å²) in [5.74, 6) is 5.59. The van der Waals surface area contributed by atoms with Crippen LogP contribution in [0.3, 0.4) is 0 Å². The molecule has 5 nitrogen and oxygen atoms in total. The Morgan fingerprint density at radius 3 is 2.83 bits per heavy atom. The van der Waals surface area contributed by atoms with Crippen LogP contribution in [-0.2, 0) is 9.63 Å². The van der Waals surface area contributed by atoms with Gasteiger partial charge in [-0.3, -0.25) is 4.79 Å². The lowest BCUT2D eigenvalue weighted by molar-refractivity contribution is -0.121. The van der Waals surface area contributed by atoms with Crippen LogP contribution in [0.4, 0.5) is 0 Å². The topological polar surface area (TPSA) is 75.7 Å². The molecule has 2 N–H and O–H groups in total. The Morgan fingerprint density at radius 1 is 1.29 bits per heavy atom. The highest BCUT2D eigenvalue weighted by atomic mass is 35.5. The first-order chi connectivity index (χ1) is 11.7. The van der Waals surface area contributed by atoms with E-state index in [1.165, 1.54) is 12.8 Å². The molecule has 2 rings (SSSR count). The summed E-state index contributed by atoms with van der Waals surface area (Å²) in [6.45, 7) is 0.944. The molecule has 0 spiro atoms. The smallest absolute Gasteiger partial charge is 0.245 e. The van der Waals surface area contributed by atoms with Crippen molar-refractivity contribution < 1.29 is 14.4 Å². The summed E-state index contributed by atoms with van der Waals surface area (Å²) >= 11 is 6.10. The summed E-state index contributed by atoms with van der Waals surface area (Å²) in [6, 6.07) is 5.69. The molecule has 24 heavy (non-hydrogen) atoms. The van der Waals surface area contributed by atoms with Crippen molar-refractivity contribution >= 4 is 23.6 Å². The van der Waals surface area contributed by atoms with E-state index in [1.807, 2.05) is 24.3 Å². The molecule has 0 bridgehead atoms. The molecular formula is C18H24ClN2O3. The van der Waals surface area contributed by atoms with Crippen LogP contribution in [-0.4, -0.2) is 25.2 Å². The fraction of sp³-hybridized carbons (Fsp3) is 0.500. The molecule has 0 unspecified atom stereocenters. The SMILES string of the molecule is NOCCCOc1cc(Cl)cc(C=CCC(=O)[N]C2CCCC2)c1. The summed E-state index contributed by atoms with van der Waals surface area (Å²) in [4.78, 5) is 16.3. The van der Waals surface area contributed by atoms with Gasteiger partial charge in [0, 0.05) is 17.9 Å². The first-order valence-corrected chi connectivity index (χ1v) is 8.70. The Kier molecular flexibility index (Phi) is 8.08. The largest absolute Gasteiger partial charge is 0.493 e. The number of rotatable bonds is 9. The predicted octanol–water partition coefficient (Wildman–Crippen LogP) is 3.48. The fourth-order valence-electron chi connectivity index (χ4n) is 2.68. The normalized spacial score (nSPS) is 15.1. The van der Waals surface area contributed by atoms with Crippen LogP contribution in [0.5, 0.6) is 5.75 Å². The van der Waals surface area contributed by atoms with Crippen molar-refractivity contribution in [2.75, 3.05) is 13.2 Å². The van der Waals surface area contributed by atoms with E-state index in [4.69, 9.17) is 22.2 Å².